The van der Waals surface area contributed by atoms with Crippen molar-refractivity contribution in [1.29, 1.82) is 0 Å². The van der Waals surface area contributed by atoms with Crippen LogP contribution in [0.5, 0.6) is 0 Å². The number of thiophene rings is 1. The lowest BCUT2D eigenvalue weighted by molar-refractivity contribution is -0.152. The van der Waals surface area contributed by atoms with Gasteiger partial charge < -0.3 is 14.2 Å². The molecular formula is C20H23N5O5S. The van der Waals surface area contributed by atoms with E-state index in [1.54, 1.807) is 16.2 Å². The Hall–Kier alpha value is -3.21. The predicted octanol–water partition coefficient (Wildman–Crippen LogP) is 0.792. The molecule has 0 aromatic carbocycles. The van der Waals surface area contributed by atoms with Gasteiger partial charge in [0.1, 0.15) is 0 Å². The molecule has 1 fully saturated rings. The third kappa shape index (κ3) is 3.92. The number of imidazole rings is 1. The maximum Gasteiger partial charge on any atom is 0.332 e. The van der Waals surface area contributed by atoms with Crippen molar-refractivity contribution >= 4 is 34.4 Å². The van der Waals surface area contributed by atoms with Gasteiger partial charge in [-0.05, 0) is 24.3 Å². The summed E-state index contributed by atoms with van der Waals surface area (Å²) in [5, 5.41) is 1.99. The molecule has 1 atom stereocenters. The Morgan fingerprint density at radius 1 is 1.26 bits per heavy atom. The number of hydrogen-bond donors (Lipinski definition) is 0. The molecule has 0 spiro atoms. The van der Waals surface area contributed by atoms with Crippen LogP contribution in [0, 0.1) is 0 Å². The van der Waals surface area contributed by atoms with Gasteiger partial charge in [-0.3, -0.25) is 23.5 Å². The van der Waals surface area contributed by atoms with E-state index in [1.165, 1.54) is 29.6 Å². The van der Waals surface area contributed by atoms with E-state index in [4.69, 9.17) is 4.74 Å². The van der Waals surface area contributed by atoms with E-state index in [0.717, 1.165) is 22.3 Å². The Morgan fingerprint density at radius 3 is 2.81 bits per heavy atom. The molecule has 3 aromatic rings. The van der Waals surface area contributed by atoms with E-state index >= 15 is 0 Å². The van der Waals surface area contributed by atoms with Crippen LogP contribution in [-0.4, -0.2) is 48.6 Å². The molecule has 1 amide bonds. The Morgan fingerprint density at radius 2 is 2.06 bits per heavy atom. The topological polar surface area (TPSA) is 108 Å². The number of aromatic nitrogens is 4. The molecule has 3 aromatic heterocycles. The van der Waals surface area contributed by atoms with Gasteiger partial charge in [-0.2, -0.15) is 0 Å². The van der Waals surface area contributed by atoms with Crippen molar-refractivity contribution in [2.45, 2.75) is 31.8 Å². The van der Waals surface area contributed by atoms with Crippen molar-refractivity contribution in [1.82, 2.24) is 23.6 Å². The summed E-state index contributed by atoms with van der Waals surface area (Å²) < 4.78 is 8.99. The van der Waals surface area contributed by atoms with Crippen molar-refractivity contribution in [3.05, 3.63) is 49.6 Å². The zero-order chi connectivity index (χ0) is 22.1. The Bertz CT molecular complexity index is 1240. The first-order chi connectivity index (χ1) is 14.9. The summed E-state index contributed by atoms with van der Waals surface area (Å²) >= 11 is 1.62. The van der Waals surface area contributed by atoms with Crippen molar-refractivity contribution in [3.8, 4) is 0 Å². The fourth-order valence-corrected chi connectivity index (χ4v) is 4.79. The largest absolute Gasteiger partial charge is 0.456 e. The fourth-order valence-electron chi connectivity index (χ4n) is 3.92. The maximum absolute atomic E-state index is 12.6. The number of hydrogen-bond acceptors (Lipinski definition) is 7. The highest BCUT2D eigenvalue weighted by molar-refractivity contribution is 7.10. The molecule has 164 valence electrons. The Kier molecular flexibility index (Phi) is 5.77. The summed E-state index contributed by atoms with van der Waals surface area (Å²) in [7, 11) is 2.92. The number of carbonyl (C=O) groups excluding carboxylic acids is 2. The molecule has 1 unspecified atom stereocenters. The van der Waals surface area contributed by atoms with E-state index in [9.17, 15) is 19.2 Å². The first-order valence-electron chi connectivity index (χ1n) is 9.98. The molecule has 0 N–H and O–H groups in total. The molecule has 10 nitrogen and oxygen atoms in total. The van der Waals surface area contributed by atoms with Crippen molar-refractivity contribution in [3.63, 3.8) is 0 Å². The van der Waals surface area contributed by atoms with Crippen LogP contribution in [0.4, 0.5) is 0 Å². The number of rotatable bonds is 6. The van der Waals surface area contributed by atoms with Crippen LogP contribution in [0.1, 0.15) is 30.2 Å². The van der Waals surface area contributed by atoms with Crippen LogP contribution in [0.3, 0.4) is 0 Å². The van der Waals surface area contributed by atoms with Gasteiger partial charge in [0.15, 0.2) is 17.8 Å². The lowest BCUT2D eigenvalue weighted by Gasteiger charge is -2.23. The summed E-state index contributed by atoms with van der Waals surface area (Å²) in [5.41, 5.74) is -0.453. The van der Waals surface area contributed by atoms with E-state index in [1.807, 2.05) is 17.5 Å². The predicted molar refractivity (Wildman–Crippen MR) is 114 cm³/mol. The minimum atomic E-state index is -0.538. The molecule has 4 heterocycles. The number of aryl methyl sites for hydroxylation is 2. The first kappa shape index (κ1) is 21.0. The molecule has 11 heteroatoms. The molecule has 0 bridgehead atoms. The maximum atomic E-state index is 12.6. The minimum Gasteiger partial charge on any atom is -0.456 e. The first-order valence-corrected chi connectivity index (χ1v) is 10.9. The molecular weight excluding hydrogens is 422 g/mol. The van der Waals surface area contributed by atoms with E-state index < -0.39 is 17.2 Å². The van der Waals surface area contributed by atoms with Gasteiger partial charge in [-0.25, -0.2) is 9.78 Å². The lowest BCUT2D eigenvalue weighted by Crippen LogP contribution is -2.37. The minimum absolute atomic E-state index is 0.0287. The zero-order valence-electron chi connectivity index (χ0n) is 17.3. The van der Waals surface area contributed by atoms with E-state index in [2.05, 4.69) is 4.98 Å². The number of carbonyl (C=O) groups is 2. The number of esters is 1. The van der Waals surface area contributed by atoms with Crippen molar-refractivity contribution < 1.29 is 14.3 Å². The quantitative estimate of drug-likeness (QED) is 0.519. The van der Waals surface area contributed by atoms with Gasteiger partial charge >= 0.3 is 11.7 Å². The number of ether oxygens (including phenoxy) is 1. The normalized spacial score (nSPS) is 16.2. The molecule has 1 aliphatic heterocycles. The number of amides is 1. The van der Waals surface area contributed by atoms with Crippen molar-refractivity contribution in [2.24, 2.45) is 14.1 Å². The Labute approximate surface area is 181 Å². The average Bonchev–Trinajstić information content (AvgIpc) is 3.52. The average molecular weight is 446 g/mol. The molecule has 31 heavy (non-hydrogen) atoms. The Balaban J connectivity index is 1.36. The molecule has 0 saturated carbocycles. The summed E-state index contributed by atoms with van der Waals surface area (Å²) in [6.07, 6.45) is 3.22. The van der Waals surface area contributed by atoms with Gasteiger partial charge in [-0.15, -0.1) is 11.3 Å². The number of nitrogens with zero attached hydrogens (tertiary/aromatic N) is 5. The molecule has 0 aliphatic carbocycles. The fraction of sp³-hybridized carbons (Fsp3) is 0.450. The van der Waals surface area contributed by atoms with Crippen LogP contribution >= 0.6 is 11.3 Å². The number of fused-ring (bicyclic) bond motifs is 1. The van der Waals surface area contributed by atoms with Crippen LogP contribution in [0.25, 0.3) is 11.2 Å². The monoisotopic (exact) mass is 445 g/mol. The summed E-state index contributed by atoms with van der Waals surface area (Å²) in [6, 6.07) is 4.03. The van der Waals surface area contributed by atoms with Crippen LogP contribution in [0.15, 0.2) is 33.4 Å². The van der Waals surface area contributed by atoms with Gasteiger partial charge in [0.05, 0.1) is 18.8 Å². The zero-order valence-corrected chi connectivity index (χ0v) is 18.1. The molecule has 1 saturated heterocycles. The van der Waals surface area contributed by atoms with Gasteiger partial charge in [0.25, 0.3) is 11.5 Å². The van der Waals surface area contributed by atoms with E-state index in [0.29, 0.717) is 6.54 Å². The highest BCUT2D eigenvalue weighted by atomic mass is 32.1. The van der Waals surface area contributed by atoms with Gasteiger partial charge in [0.2, 0.25) is 0 Å². The third-order valence-electron chi connectivity index (χ3n) is 5.58. The highest BCUT2D eigenvalue weighted by Crippen LogP contribution is 2.34. The second-order valence-electron chi connectivity index (χ2n) is 7.49. The SMILES string of the molecule is Cn1c(=O)c2c(ncn2CCC(=O)OCC(=O)N2CCCC2c2cccs2)n(C)c1=O. The lowest BCUT2D eigenvalue weighted by atomic mass is 10.2. The van der Waals surface area contributed by atoms with Crippen LogP contribution < -0.4 is 11.2 Å². The third-order valence-corrected chi connectivity index (χ3v) is 6.55. The molecule has 1 aliphatic rings. The smallest absolute Gasteiger partial charge is 0.332 e. The van der Waals surface area contributed by atoms with Gasteiger partial charge in [0, 0.05) is 32.1 Å². The van der Waals surface area contributed by atoms with Crippen LogP contribution in [-0.2, 0) is 35.0 Å². The second-order valence-corrected chi connectivity index (χ2v) is 8.47. The van der Waals surface area contributed by atoms with Crippen molar-refractivity contribution in [2.75, 3.05) is 13.2 Å². The van der Waals surface area contributed by atoms with Gasteiger partial charge in [-0.1, -0.05) is 6.07 Å². The van der Waals surface area contributed by atoms with Crippen LogP contribution in [0.2, 0.25) is 0 Å². The van der Waals surface area contributed by atoms with E-state index in [-0.39, 0.29) is 42.7 Å². The molecule has 4 rings (SSSR count). The summed E-state index contributed by atoms with van der Waals surface area (Å²) in [6.45, 7) is 0.502. The summed E-state index contributed by atoms with van der Waals surface area (Å²) in [4.78, 5) is 56.3. The second kappa shape index (κ2) is 8.50. The standard InChI is InChI=1S/C20H23N5O5S/c1-22-18-17(19(28)23(2)20(22)29)24(12-21-18)9-7-16(27)30-11-15(26)25-8-3-5-13(25)14-6-4-10-31-14/h4,6,10,12-13H,3,5,7-9,11H2,1-2H3. The molecule has 0 radical (unpaired) electrons. The highest BCUT2D eigenvalue weighted by Gasteiger charge is 2.31. The number of likely N-dealkylation sites (tertiary alicyclic amines) is 1. The summed E-state index contributed by atoms with van der Waals surface area (Å²) in [5.74, 6) is -0.745.